The van der Waals surface area contributed by atoms with E-state index in [-0.39, 0.29) is 18.6 Å². The molecule has 0 amide bonds. The molecule has 2 rings (SSSR count). The zero-order valence-electron chi connectivity index (χ0n) is 12.1. The van der Waals surface area contributed by atoms with Gasteiger partial charge in [0.1, 0.15) is 5.41 Å². The lowest BCUT2D eigenvalue weighted by molar-refractivity contribution is -0.485. The number of hydrogen-bond donors (Lipinski definition) is 0. The van der Waals surface area contributed by atoms with Crippen molar-refractivity contribution in [3.05, 3.63) is 45.0 Å². The lowest BCUT2D eigenvalue weighted by Gasteiger charge is -2.31. The first-order valence-electron chi connectivity index (χ1n) is 6.91. The van der Waals surface area contributed by atoms with Gasteiger partial charge in [-0.3, -0.25) is 19.7 Å². The summed E-state index contributed by atoms with van der Waals surface area (Å²) in [6.07, 6.45) is 0.961. The van der Waals surface area contributed by atoms with Crippen LogP contribution in [0.2, 0.25) is 5.02 Å². The summed E-state index contributed by atoms with van der Waals surface area (Å²) >= 11 is 6.15. The van der Waals surface area contributed by atoms with Gasteiger partial charge in [0, 0.05) is 16.4 Å². The quantitative estimate of drug-likeness (QED) is 0.359. The van der Waals surface area contributed by atoms with Crippen molar-refractivity contribution in [1.29, 1.82) is 0 Å². The number of esters is 1. The number of carbonyl (C=O) groups excluding carboxylic acids is 2. The Bertz CT molecular complexity index is 618. The van der Waals surface area contributed by atoms with Crippen LogP contribution in [0.4, 0.5) is 0 Å². The molecule has 1 aromatic rings. The van der Waals surface area contributed by atoms with E-state index in [1.165, 1.54) is 7.11 Å². The van der Waals surface area contributed by atoms with Gasteiger partial charge in [-0.05, 0) is 24.5 Å². The second-order valence-electron chi connectivity index (χ2n) is 5.33. The predicted molar refractivity (Wildman–Crippen MR) is 79.4 cm³/mol. The molecule has 1 fully saturated rings. The summed E-state index contributed by atoms with van der Waals surface area (Å²) < 4.78 is 4.81. The van der Waals surface area contributed by atoms with Gasteiger partial charge in [-0.15, -0.1) is 0 Å². The first-order valence-corrected chi connectivity index (χ1v) is 7.29. The number of ether oxygens (including phenoxy) is 1. The van der Waals surface area contributed by atoms with E-state index in [0.717, 1.165) is 0 Å². The van der Waals surface area contributed by atoms with Crippen LogP contribution in [0.5, 0.6) is 0 Å². The van der Waals surface area contributed by atoms with Crippen LogP contribution in [0, 0.1) is 15.5 Å². The topological polar surface area (TPSA) is 86.5 Å². The Morgan fingerprint density at radius 3 is 2.68 bits per heavy atom. The van der Waals surface area contributed by atoms with Crippen molar-refractivity contribution in [2.75, 3.05) is 13.7 Å². The number of nitrogens with zero attached hydrogens (tertiary/aromatic N) is 1. The van der Waals surface area contributed by atoms with Crippen LogP contribution in [0.25, 0.3) is 0 Å². The highest BCUT2D eigenvalue weighted by Gasteiger charge is 2.57. The fraction of sp³-hybridized carbons (Fsp3) is 0.467. The number of methoxy groups -OCH3 is 1. The van der Waals surface area contributed by atoms with E-state index in [0.29, 0.717) is 17.0 Å². The van der Waals surface area contributed by atoms with Gasteiger partial charge in [-0.25, -0.2) is 0 Å². The molecule has 0 saturated heterocycles. The molecule has 6 nitrogen and oxygen atoms in total. The molecule has 118 valence electrons. The minimum Gasteiger partial charge on any atom is -0.468 e. The van der Waals surface area contributed by atoms with Gasteiger partial charge >= 0.3 is 5.97 Å². The molecule has 0 spiro atoms. The molecule has 1 saturated carbocycles. The van der Waals surface area contributed by atoms with Gasteiger partial charge in [0.2, 0.25) is 6.54 Å². The molecular formula is C15H16ClNO5. The lowest BCUT2D eigenvalue weighted by atomic mass is 9.70. The van der Waals surface area contributed by atoms with Crippen molar-refractivity contribution in [2.45, 2.75) is 25.2 Å². The molecule has 2 atom stereocenters. The van der Waals surface area contributed by atoms with Crippen molar-refractivity contribution in [1.82, 2.24) is 0 Å². The minimum atomic E-state index is -1.52. The van der Waals surface area contributed by atoms with Gasteiger partial charge < -0.3 is 4.74 Å². The molecule has 0 aliphatic heterocycles. The lowest BCUT2D eigenvalue weighted by Crippen LogP contribution is -2.44. The number of hydrogen-bond acceptors (Lipinski definition) is 5. The molecule has 1 aliphatic rings. The summed E-state index contributed by atoms with van der Waals surface area (Å²) in [7, 11) is 1.19. The molecule has 0 bridgehead atoms. The average Bonchev–Trinajstić information content (AvgIpc) is 2.87. The third-order valence-electron chi connectivity index (χ3n) is 4.23. The number of ketones is 1. The molecule has 1 aromatic carbocycles. The van der Waals surface area contributed by atoms with Gasteiger partial charge in [0.15, 0.2) is 5.78 Å². The van der Waals surface area contributed by atoms with Crippen LogP contribution in [-0.4, -0.2) is 30.3 Å². The summed E-state index contributed by atoms with van der Waals surface area (Å²) in [5.74, 6) is -1.97. The maximum Gasteiger partial charge on any atom is 0.320 e. The summed E-state index contributed by atoms with van der Waals surface area (Å²) in [4.78, 5) is 35.4. The SMILES string of the molecule is COC(=O)[C@@]1([C@H](C[N+](=O)[O-])c2ccccc2Cl)CCCC1=O. The van der Waals surface area contributed by atoms with E-state index in [9.17, 15) is 19.7 Å². The first-order chi connectivity index (χ1) is 10.4. The molecule has 1 aliphatic carbocycles. The monoisotopic (exact) mass is 325 g/mol. The number of rotatable bonds is 5. The number of nitro groups is 1. The van der Waals surface area contributed by atoms with E-state index in [1.807, 2.05) is 0 Å². The molecule has 0 unspecified atom stereocenters. The Balaban J connectivity index is 2.60. The zero-order valence-corrected chi connectivity index (χ0v) is 12.8. The van der Waals surface area contributed by atoms with E-state index in [2.05, 4.69) is 0 Å². The van der Waals surface area contributed by atoms with Gasteiger partial charge in [0.05, 0.1) is 13.0 Å². The molecule has 0 heterocycles. The number of carbonyl (C=O) groups is 2. The number of Topliss-reactive ketones (excluding diaryl/α,β-unsaturated/α-hetero) is 1. The summed E-state index contributed by atoms with van der Waals surface area (Å²) in [5.41, 5.74) is -1.09. The van der Waals surface area contributed by atoms with Crippen LogP contribution in [0.1, 0.15) is 30.7 Å². The second-order valence-corrected chi connectivity index (χ2v) is 5.74. The maximum atomic E-state index is 12.4. The first kappa shape index (κ1) is 16.4. The number of halogens is 1. The van der Waals surface area contributed by atoms with Crippen LogP contribution in [0.3, 0.4) is 0 Å². The summed E-state index contributed by atoms with van der Waals surface area (Å²) in [5, 5.41) is 11.4. The van der Waals surface area contributed by atoms with Crippen molar-refractivity contribution < 1.29 is 19.2 Å². The average molecular weight is 326 g/mol. The third-order valence-corrected chi connectivity index (χ3v) is 4.57. The molecular weight excluding hydrogens is 310 g/mol. The highest BCUT2D eigenvalue weighted by Crippen LogP contribution is 2.48. The van der Waals surface area contributed by atoms with Gasteiger partial charge in [-0.1, -0.05) is 29.8 Å². The third kappa shape index (κ3) is 2.70. The van der Waals surface area contributed by atoms with Gasteiger partial charge in [-0.2, -0.15) is 0 Å². The smallest absolute Gasteiger partial charge is 0.320 e. The number of benzene rings is 1. The Morgan fingerprint density at radius 2 is 2.18 bits per heavy atom. The van der Waals surface area contributed by atoms with Crippen LogP contribution in [-0.2, 0) is 14.3 Å². The largest absolute Gasteiger partial charge is 0.468 e. The van der Waals surface area contributed by atoms with Crippen LogP contribution in [0.15, 0.2) is 24.3 Å². The highest BCUT2D eigenvalue weighted by atomic mass is 35.5. The van der Waals surface area contributed by atoms with Crippen molar-refractivity contribution in [3.8, 4) is 0 Å². The van der Waals surface area contributed by atoms with E-state index < -0.39 is 28.8 Å². The standard InChI is InChI=1S/C15H16ClNO5/c1-22-14(19)15(8-4-7-13(15)18)11(9-17(20)21)10-5-2-3-6-12(10)16/h2-3,5-6,11H,4,7-9H2,1H3/t11-,15-/m1/s1. The fourth-order valence-electron chi connectivity index (χ4n) is 3.23. The summed E-state index contributed by atoms with van der Waals surface area (Å²) in [6.45, 7) is -0.551. The molecule has 0 aromatic heterocycles. The minimum absolute atomic E-state index is 0.216. The van der Waals surface area contributed by atoms with Crippen molar-refractivity contribution in [3.63, 3.8) is 0 Å². The van der Waals surface area contributed by atoms with Crippen molar-refractivity contribution in [2.24, 2.45) is 5.41 Å². The fourth-order valence-corrected chi connectivity index (χ4v) is 3.49. The zero-order chi connectivity index (χ0) is 16.3. The van der Waals surface area contributed by atoms with Crippen LogP contribution < -0.4 is 0 Å². The normalized spacial score (nSPS) is 22.4. The van der Waals surface area contributed by atoms with Crippen LogP contribution >= 0.6 is 11.6 Å². The predicted octanol–water partition coefficient (Wildman–Crippen LogP) is 2.61. The molecule has 0 radical (unpaired) electrons. The van der Waals surface area contributed by atoms with E-state index >= 15 is 0 Å². The second kappa shape index (κ2) is 6.44. The van der Waals surface area contributed by atoms with E-state index in [1.54, 1.807) is 24.3 Å². The van der Waals surface area contributed by atoms with E-state index in [4.69, 9.17) is 16.3 Å². The Morgan fingerprint density at radius 1 is 1.50 bits per heavy atom. The molecule has 0 N–H and O–H groups in total. The Labute approximate surface area is 132 Å². The molecule has 22 heavy (non-hydrogen) atoms. The van der Waals surface area contributed by atoms with Gasteiger partial charge in [0.25, 0.3) is 0 Å². The molecule has 7 heteroatoms. The maximum absolute atomic E-state index is 12.4. The Hall–Kier alpha value is -1.95. The van der Waals surface area contributed by atoms with Crippen molar-refractivity contribution >= 4 is 23.4 Å². The Kier molecular flexibility index (Phi) is 4.81. The summed E-state index contributed by atoms with van der Waals surface area (Å²) in [6, 6.07) is 6.58. The highest BCUT2D eigenvalue weighted by molar-refractivity contribution is 6.31.